The Morgan fingerprint density at radius 3 is 2.79 bits per heavy atom. The molecule has 0 saturated heterocycles. The van der Waals surface area contributed by atoms with Crippen molar-refractivity contribution >= 4 is 45.6 Å². The summed E-state index contributed by atoms with van der Waals surface area (Å²) in [6, 6.07) is 5.83. The predicted octanol–water partition coefficient (Wildman–Crippen LogP) is 2.27. The van der Waals surface area contributed by atoms with Crippen LogP contribution in [0.15, 0.2) is 28.7 Å². The summed E-state index contributed by atoms with van der Waals surface area (Å²) in [6.45, 7) is 3.83. The van der Waals surface area contributed by atoms with Crippen molar-refractivity contribution in [1.82, 2.24) is 10.4 Å². The SMILES string of the molecule is CN1C(=O)C(C)(C)c2cc(-c3csc(NC(=O)C4=NNC(=O)CC4)n3)ccc21. The molecule has 2 aliphatic heterocycles. The lowest BCUT2D eigenvalue weighted by atomic mass is 9.85. The van der Waals surface area contributed by atoms with Crippen LogP contribution in [-0.4, -0.2) is 35.5 Å². The van der Waals surface area contributed by atoms with Gasteiger partial charge in [0.05, 0.1) is 11.1 Å². The number of fused-ring (bicyclic) bond motifs is 1. The van der Waals surface area contributed by atoms with Gasteiger partial charge in [-0.25, -0.2) is 10.4 Å². The summed E-state index contributed by atoms with van der Waals surface area (Å²) in [4.78, 5) is 42.0. The number of nitrogens with zero attached hydrogens (tertiary/aromatic N) is 3. The highest BCUT2D eigenvalue weighted by atomic mass is 32.1. The number of hydrogen-bond donors (Lipinski definition) is 2. The summed E-state index contributed by atoms with van der Waals surface area (Å²) < 4.78 is 0. The highest BCUT2D eigenvalue weighted by Gasteiger charge is 2.42. The number of nitrogens with one attached hydrogen (secondary N) is 2. The summed E-state index contributed by atoms with van der Waals surface area (Å²) in [5.41, 5.74) is 5.47. The average Bonchev–Trinajstić information content (AvgIpc) is 3.20. The van der Waals surface area contributed by atoms with E-state index in [0.29, 0.717) is 11.6 Å². The first-order chi connectivity index (χ1) is 13.3. The number of aromatic nitrogens is 1. The Balaban J connectivity index is 1.56. The first kappa shape index (κ1) is 18.3. The third-order valence-corrected chi connectivity index (χ3v) is 5.82. The number of benzene rings is 1. The van der Waals surface area contributed by atoms with E-state index in [9.17, 15) is 14.4 Å². The van der Waals surface area contributed by atoms with Gasteiger partial charge in [-0.1, -0.05) is 6.07 Å². The van der Waals surface area contributed by atoms with Crippen molar-refractivity contribution in [3.05, 3.63) is 29.1 Å². The third-order valence-electron chi connectivity index (χ3n) is 5.06. The van der Waals surface area contributed by atoms with E-state index in [1.54, 1.807) is 11.9 Å². The zero-order chi connectivity index (χ0) is 20.1. The van der Waals surface area contributed by atoms with E-state index in [1.165, 1.54) is 11.3 Å². The molecule has 1 aromatic carbocycles. The van der Waals surface area contributed by atoms with Crippen molar-refractivity contribution in [1.29, 1.82) is 0 Å². The van der Waals surface area contributed by atoms with Crippen molar-refractivity contribution in [2.24, 2.45) is 5.10 Å². The van der Waals surface area contributed by atoms with Crippen molar-refractivity contribution in [2.75, 3.05) is 17.3 Å². The fourth-order valence-electron chi connectivity index (χ4n) is 3.40. The number of carbonyl (C=O) groups is 3. The van der Waals surface area contributed by atoms with Gasteiger partial charge >= 0.3 is 0 Å². The fraction of sp³-hybridized carbons (Fsp3) is 0.316. The van der Waals surface area contributed by atoms with Gasteiger partial charge < -0.3 is 4.90 Å². The van der Waals surface area contributed by atoms with Crippen LogP contribution in [0.2, 0.25) is 0 Å². The van der Waals surface area contributed by atoms with E-state index in [-0.39, 0.29) is 29.9 Å². The summed E-state index contributed by atoms with van der Waals surface area (Å²) in [5, 5.41) is 8.82. The number of carbonyl (C=O) groups excluding carboxylic acids is 3. The first-order valence-electron chi connectivity index (χ1n) is 8.82. The van der Waals surface area contributed by atoms with Crippen LogP contribution >= 0.6 is 11.3 Å². The van der Waals surface area contributed by atoms with Crippen LogP contribution in [0.3, 0.4) is 0 Å². The van der Waals surface area contributed by atoms with Gasteiger partial charge in [-0.15, -0.1) is 11.3 Å². The van der Waals surface area contributed by atoms with E-state index in [4.69, 9.17) is 0 Å². The molecular formula is C19H19N5O3S. The van der Waals surface area contributed by atoms with Crippen LogP contribution < -0.4 is 15.6 Å². The van der Waals surface area contributed by atoms with Crippen molar-refractivity contribution in [3.63, 3.8) is 0 Å². The Kier molecular flexibility index (Phi) is 4.26. The fourth-order valence-corrected chi connectivity index (χ4v) is 4.12. The average molecular weight is 397 g/mol. The topological polar surface area (TPSA) is 104 Å². The molecule has 28 heavy (non-hydrogen) atoms. The Labute approximate surface area is 165 Å². The van der Waals surface area contributed by atoms with Gasteiger partial charge in [-0.2, -0.15) is 5.10 Å². The summed E-state index contributed by atoms with van der Waals surface area (Å²) in [6.07, 6.45) is 0.546. The van der Waals surface area contributed by atoms with Crippen molar-refractivity contribution < 1.29 is 14.4 Å². The van der Waals surface area contributed by atoms with Crippen LogP contribution in [-0.2, 0) is 19.8 Å². The third kappa shape index (κ3) is 2.97. The molecule has 2 aromatic rings. The molecule has 4 rings (SSSR count). The molecule has 2 aliphatic rings. The number of rotatable bonds is 3. The summed E-state index contributed by atoms with van der Waals surface area (Å²) in [5.74, 6) is -0.508. The lowest BCUT2D eigenvalue weighted by Gasteiger charge is -2.16. The molecule has 0 bridgehead atoms. The molecule has 0 aliphatic carbocycles. The van der Waals surface area contributed by atoms with Gasteiger partial charge in [-0.3, -0.25) is 19.7 Å². The van der Waals surface area contributed by atoms with Crippen molar-refractivity contribution in [3.8, 4) is 11.3 Å². The van der Waals surface area contributed by atoms with Gasteiger partial charge in [0.25, 0.3) is 5.91 Å². The van der Waals surface area contributed by atoms with E-state index in [1.807, 2.05) is 37.4 Å². The number of likely N-dealkylation sites (N-methyl/N-ethyl adjacent to an activating group) is 1. The van der Waals surface area contributed by atoms with E-state index < -0.39 is 5.41 Å². The van der Waals surface area contributed by atoms with E-state index in [2.05, 4.69) is 20.8 Å². The van der Waals surface area contributed by atoms with Crippen LogP contribution in [0.4, 0.5) is 10.8 Å². The molecule has 1 aromatic heterocycles. The molecule has 144 valence electrons. The lowest BCUT2D eigenvalue weighted by Crippen LogP contribution is -2.33. The maximum Gasteiger partial charge on any atom is 0.273 e. The van der Waals surface area contributed by atoms with Gasteiger partial charge in [-0.05, 0) is 31.5 Å². The van der Waals surface area contributed by atoms with Crippen LogP contribution in [0.1, 0.15) is 32.3 Å². The molecule has 0 spiro atoms. The van der Waals surface area contributed by atoms with E-state index in [0.717, 1.165) is 22.5 Å². The smallest absolute Gasteiger partial charge is 0.273 e. The van der Waals surface area contributed by atoms with E-state index >= 15 is 0 Å². The Morgan fingerprint density at radius 1 is 1.29 bits per heavy atom. The van der Waals surface area contributed by atoms with Gasteiger partial charge in [0.2, 0.25) is 11.8 Å². The second-order valence-corrected chi connectivity index (χ2v) is 8.16. The lowest BCUT2D eigenvalue weighted by molar-refractivity contribution is -0.122. The highest BCUT2D eigenvalue weighted by molar-refractivity contribution is 7.14. The second kappa shape index (κ2) is 6.52. The van der Waals surface area contributed by atoms with Crippen LogP contribution in [0.25, 0.3) is 11.3 Å². The predicted molar refractivity (Wildman–Crippen MR) is 107 cm³/mol. The van der Waals surface area contributed by atoms with Crippen molar-refractivity contribution in [2.45, 2.75) is 32.1 Å². The zero-order valence-electron chi connectivity index (χ0n) is 15.7. The second-order valence-electron chi connectivity index (χ2n) is 7.31. The normalized spacial score (nSPS) is 17.8. The molecule has 9 heteroatoms. The number of hydrogen-bond acceptors (Lipinski definition) is 6. The molecule has 0 atom stereocenters. The Morgan fingerprint density at radius 2 is 2.07 bits per heavy atom. The summed E-state index contributed by atoms with van der Waals surface area (Å²) in [7, 11) is 1.78. The molecule has 0 saturated carbocycles. The van der Waals surface area contributed by atoms with Crippen LogP contribution in [0.5, 0.6) is 0 Å². The van der Waals surface area contributed by atoms with Crippen LogP contribution in [0, 0.1) is 0 Å². The monoisotopic (exact) mass is 397 g/mol. The van der Waals surface area contributed by atoms with Gasteiger partial charge in [0.15, 0.2) is 5.13 Å². The van der Waals surface area contributed by atoms with Gasteiger partial charge in [0.1, 0.15) is 5.71 Å². The standard InChI is InChI=1S/C19H19N5O3S/c1-19(2)11-8-10(4-6-14(11)24(3)17(19)27)13-9-28-18(20-13)21-16(26)12-5-7-15(25)23-22-12/h4,6,8-9H,5,7H2,1-3H3,(H,23,25)(H,20,21,26). The van der Waals surface area contributed by atoms with Gasteiger partial charge in [0, 0.05) is 36.5 Å². The number of anilines is 2. The molecule has 0 unspecified atom stereocenters. The molecule has 0 radical (unpaired) electrons. The number of amides is 3. The Hall–Kier alpha value is -3.07. The molecule has 3 heterocycles. The molecule has 2 N–H and O–H groups in total. The largest absolute Gasteiger partial charge is 0.314 e. The Bertz CT molecular complexity index is 1040. The molecule has 0 fully saturated rings. The minimum absolute atomic E-state index is 0.0613. The highest BCUT2D eigenvalue weighted by Crippen LogP contribution is 2.42. The minimum Gasteiger partial charge on any atom is -0.314 e. The minimum atomic E-state index is -0.587. The number of hydrazone groups is 1. The first-order valence-corrected chi connectivity index (χ1v) is 9.70. The maximum atomic E-state index is 12.5. The summed E-state index contributed by atoms with van der Waals surface area (Å²) >= 11 is 1.31. The molecule has 8 nitrogen and oxygen atoms in total. The number of thiazole rings is 1. The quantitative estimate of drug-likeness (QED) is 0.829. The maximum absolute atomic E-state index is 12.5. The zero-order valence-corrected chi connectivity index (χ0v) is 16.5. The molecule has 3 amide bonds. The molecular weight excluding hydrogens is 378 g/mol.